The molecular formula is C23H27BrN2O4. The summed E-state index contributed by atoms with van der Waals surface area (Å²) < 4.78 is 12.1. The third-order valence-electron chi connectivity index (χ3n) is 5.02. The maximum atomic E-state index is 12.7. The second kappa shape index (κ2) is 10.6. The molecule has 160 valence electrons. The van der Waals surface area contributed by atoms with Gasteiger partial charge in [0, 0.05) is 29.5 Å². The normalized spacial score (nSPS) is 16.7. The highest BCUT2D eigenvalue weighted by Gasteiger charge is 2.17. The molecule has 2 amide bonds. The van der Waals surface area contributed by atoms with Crippen LogP contribution >= 0.6 is 15.9 Å². The first-order chi connectivity index (χ1) is 14.5. The smallest absolute Gasteiger partial charge is 0.255 e. The SMILES string of the molecule is CCC(C)NC(=O)c1cccc(NC(=O)c2ccc(OCC3CCCO3)c(Br)c2)c1. The molecule has 1 heterocycles. The predicted molar refractivity (Wildman–Crippen MR) is 120 cm³/mol. The molecule has 7 heteroatoms. The molecule has 2 N–H and O–H groups in total. The number of rotatable bonds is 8. The van der Waals surface area contributed by atoms with E-state index in [9.17, 15) is 9.59 Å². The Hall–Kier alpha value is -2.38. The van der Waals surface area contributed by atoms with Gasteiger partial charge in [-0.1, -0.05) is 13.0 Å². The molecule has 1 aliphatic rings. The summed E-state index contributed by atoms with van der Waals surface area (Å²) >= 11 is 3.47. The molecule has 0 aromatic heterocycles. The molecular weight excluding hydrogens is 448 g/mol. The summed E-state index contributed by atoms with van der Waals surface area (Å²) in [6, 6.07) is 12.2. The van der Waals surface area contributed by atoms with Crippen LogP contribution in [0.4, 0.5) is 5.69 Å². The Labute approximate surface area is 185 Å². The molecule has 1 fully saturated rings. The molecule has 2 unspecified atom stereocenters. The van der Waals surface area contributed by atoms with Crippen molar-refractivity contribution in [3.05, 3.63) is 58.1 Å². The summed E-state index contributed by atoms with van der Waals surface area (Å²) in [6.07, 6.45) is 3.05. The highest BCUT2D eigenvalue weighted by molar-refractivity contribution is 9.10. The van der Waals surface area contributed by atoms with Gasteiger partial charge in [0.1, 0.15) is 12.4 Å². The molecule has 6 nitrogen and oxygen atoms in total. The first-order valence-electron chi connectivity index (χ1n) is 10.2. The van der Waals surface area contributed by atoms with Crippen LogP contribution in [0.15, 0.2) is 46.9 Å². The molecule has 0 saturated carbocycles. The monoisotopic (exact) mass is 474 g/mol. The van der Waals surface area contributed by atoms with E-state index in [2.05, 4.69) is 26.6 Å². The van der Waals surface area contributed by atoms with E-state index < -0.39 is 0 Å². The average molecular weight is 475 g/mol. The van der Waals surface area contributed by atoms with Crippen molar-refractivity contribution in [3.63, 3.8) is 0 Å². The molecule has 0 aliphatic carbocycles. The Morgan fingerprint density at radius 3 is 2.70 bits per heavy atom. The van der Waals surface area contributed by atoms with E-state index in [-0.39, 0.29) is 24.0 Å². The Balaban J connectivity index is 1.62. The number of benzene rings is 2. The van der Waals surface area contributed by atoms with Gasteiger partial charge in [0.15, 0.2) is 0 Å². The van der Waals surface area contributed by atoms with Crippen molar-refractivity contribution < 1.29 is 19.1 Å². The summed E-state index contributed by atoms with van der Waals surface area (Å²) in [4.78, 5) is 25.0. The van der Waals surface area contributed by atoms with Crippen molar-refractivity contribution in [2.45, 2.75) is 45.3 Å². The van der Waals surface area contributed by atoms with E-state index in [0.717, 1.165) is 25.9 Å². The number of hydrogen-bond donors (Lipinski definition) is 2. The second-order valence-corrected chi connectivity index (χ2v) is 8.26. The van der Waals surface area contributed by atoms with E-state index in [1.165, 1.54) is 0 Å². The van der Waals surface area contributed by atoms with Gasteiger partial charge in [-0.25, -0.2) is 0 Å². The standard InChI is InChI=1S/C23H27BrN2O4/c1-3-15(2)25-22(27)16-6-4-7-18(12-16)26-23(28)17-9-10-21(20(24)13-17)30-14-19-8-5-11-29-19/h4,6-7,9-10,12-13,15,19H,3,5,8,11,14H2,1-2H3,(H,25,27)(H,26,28). The van der Waals surface area contributed by atoms with Gasteiger partial charge < -0.3 is 20.1 Å². The first-order valence-corrected chi connectivity index (χ1v) is 11.0. The lowest BCUT2D eigenvalue weighted by Crippen LogP contribution is -2.31. The van der Waals surface area contributed by atoms with Crippen molar-refractivity contribution >= 4 is 33.4 Å². The summed E-state index contributed by atoms with van der Waals surface area (Å²) in [5.41, 5.74) is 1.56. The molecule has 0 bridgehead atoms. The molecule has 0 spiro atoms. The minimum atomic E-state index is -0.263. The van der Waals surface area contributed by atoms with Crippen LogP contribution in [0.25, 0.3) is 0 Å². The van der Waals surface area contributed by atoms with Gasteiger partial charge in [0.25, 0.3) is 11.8 Å². The van der Waals surface area contributed by atoms with Gasteiger partial charge in [-0.15, -0.1) is 0 Å². The van der Waals surface area contributed by atoms with Crippen LogP contribution < -0.4 is 15.4 Å². The van der Waals surface area contributed by atoms with Gasteiger partial charge in [-0.2, -0.15) is 0 Å². The minimum Gasteiger partial charge on any atom is -0.490 e. The Kier molecular flexibility index (Phi) is 7.87. The molecule has 2 aromatic rings. The van der Waals surface area contributed by atoms with E-state index in [1.807, 2.05) is 13.8 Å². The molecule has 30 heavy (non-hydrogen) atoms. The lowest BCUT2D eigenvalue weighted by atomic mass is 10.1. The van der Waals surface area contributed by atoms with Gasteiger partial charge in [0.05, 0.1) is 10.6 Å². The highest BCUT2D eigenvalue weighted by Crippen LogP contribution is 2.27. The van der Waals surface area contributed by atoms with Gasteiger partial charge in [-0.3, -0.25) is 9.59 Å². The number of carbonyl (C=O) groups excluding carboxylic acids is 2. The van der Waals surface area contributed by atoms with Gasteiger partial charge in [0.2, 0.25) is 0 Å². The molecule has 3 rings (SSSR count). The average Bonchev–Trinajstić information content (AvgIpc) is 3.26. The topological polar surface area (TPSA) is 76.7 Å². The molecule has 1 saturated heterocycles. The molecule has 2 aromatic carbocycles. The minimum absolute atomic E-state index is 0.0917. The van der Waals surface area contributed by atoms with Crippen molar-refractivity contribution in [2.24, 2.45) is 0 Å². The van der Waals surface area contributed by atoms with Crippen molar-refractivity contribution in [2.75, 3.05) is 18.5 Å². The molecule has 0 radical (unpaired) electrons. The van der Waals surface area contributed by atoms with Crippen LogP contribution in [0.3, 0.4) is 0 Å². The lowest BCUT2D eigenvalue weighted by Gasteiger charge is -2.14. The quantitative estimate of drug-likeness (QED) is 0.576. The zero-order chi connectivity index (χ0) is 21.5. The predicted octanol–water partition coefficient (Wildman–Crippen LogP) is 4.79. The summed E-state index contributed by atoms with van der Waals surface area (Å²) in [6.45, 7) is 5.25. The maximum Gasteiger partial charge on any atom is 0.255 e. The molecule has 1 aliphatic heterocycles. The third-order valence-corrected chi connectivity index (χ3v) is 5.63. The van der Waals surface area contributed by atoms with Crippen LogP contribution in [0.1, 0.15) is 53.8 Å². The van der Waals surface area contributed by atoms with Gasteiger partial charge in [-0.05, 0) is 78.5 Å². The van der Waals surface area contributed by atoms with Crippen molar-refractivity contribution in [3.8, 4) is 5.75 Å². The zero-order valence-electron chi connectivity index (χ0n) is 17.2. The Morgan fingerprint density at radius 1 is 1.20 bits per heavy atom. The van der Waals surface area contributed by atoms with Crippen LogP contribution in [0, 0.1) is 0 Å². The number of anilines is 1. The van der Waals surface area contributed by atoms with Crippen LogP contribution in [-0.2, 0) is 4.74 Å². The molecule has 2 atom stereocenters. The summed E-state index contributed by atoms with van der Waals surface area (Å²) in [5, 5.41) is 5.77. The van der Waals surface area contributed by atoms with Crippen molar-refractivity contribution in [1.29, 1.82) is 0 Å². The Morgan fingerprint density at radius 2 is 2.00 bits per heavy atom. The van der Waals surface area contributed by atoms with E-state index in [4.69, 9.17) is 9.47 Å². The van der Waals surface area contributed by atoms with Crippen LogP contribution in [0.5, 0.6) is 5.75 Å². The van der Waals surface area contributed by atoms with E-state index in [1.54, 1.807) is 42.5 Å². The Bertz CT molecular complexity index is 897. The number of halogens is 1. The number of carbonyl (C=O) groups is 2. The fourth-order valence-corrected chi connectivity index (χ4v) is 3.56. The number of nitrogens with one attached hydrogen (secondary N) is 2. The van der Waals surface area contributed by atoms with E-state index >= 15 is 0 Å². The van der Waals surface area contributed by atoms with E-state index in [0.29, 0.717) is 33.6 Å². The maximum absolute atomic E-state index is 12.7. The first kappa shape index (κ1) is 22.3. The third kappa shape index (κ3) is 6.06. The fourth-order valence-electron chi connectivity index (χ4n) is 3.07. The number of amides is 2. The second-order valence-electron chi connectivity index (χ2n) is 7.41. The number of hydrogen-bond acceptors (Lipinski definition) is 4. The van der Waals surface area contributed by atoms with Gasteiger partial charge >= 0.3 is 0 Å². The van der Waals surface area contributed by atoms with Crippen molar-refractivity contribution in [1.82, 2.24) is 5.32 Å². The van der Waals surface area contributed by atoms with Crippen LogP contribution in [0.2, 0.25) is 0 Å². The van der Waals surface area contributed by atoms with Crippen LogP contribution in [-0.4, -0.2) is 37.2 Å². The lowest BCUT2D eigenvalue weighted by molar-refractivity contribution is 0.0677. The zero-order valence-corrected chi connectivity index (χ0v) is 18.8. The fraction of sp³-hybridized carbons (Fsp3) is 0.391. The largest absolute Gasteiger partial charge is 0.490 e. The summed E-state index contributed by atoms with van der Waals surface area (Å²) in [7, 11) is 0. The number of ether oxygens (including phenoxy) is 2. The highest BCUT2D eigenvalue weighted by atomic mass is 79.9. The summed E-state index contributed by atoms with van der Waals surface area (Å²) in [5.74, 6) is 0.252.